The fourth-order valence-corrected chi connectivity index (χ4v) is 4.75. The van der Waals surface area contributed by atoms with Gasteiger partial charge in [0.15, 0.2) is 0 Å². The number of aromatic nitrogens is 2. The lowest BCUT2D eigenvalue weighted by atomic mass is 10.0. The van der Waals surface area contributed by atoms with Crippen molar-refractivity contribution in [2.24, 2.45) is 0 Å². The number of carbonyl (C=O) groups excluding carboxylic acids is 1. The van der Waals surface area contributed by atoms with Gasteiger partial charge in [-0.2, -0.15) is 0 Å². The normalized spacial score (nSPS) is 18.3. The Bertz CT molecular complexity index is 1140. The Hall–Kier alpha value is -3.25. The third kappa shape index (κ3) is 3.75. The smallest absolute Gasteiger partial charge is 0.232 e. The zero-order chi connectivity index (χ0) is 22.2. The first-order chi connectivity index (χ1) is 15.5. The van der Waals surface area contributed by atoms with Gasteiger partial charge in [0.2, 0.25) is 5.91 Å². The molecule has 3 aromatic rings. The number of benzene rings is 2. The number of rotatable bonds is 5. The van der Waals surface area contributed by atoms with E-state index in [0.29, 0.717) is 6.42 Å². The summed E-state index contributed by atoms with van der Waals surface area (Å²) < 4.78 is 5.25. The van der Waals surface area contributed by atoms with Crippen LogP contribution in [0, 0.1) is 6.92 Å². The maximum atomic E-state index is 12.1. The van der Waals surface area contributed by atoms with Crippen LogP contribution in [-0.4, -0.2) is 41.5 Å². The van der Waals surface area contributed by atoms with E-state index in [9.17, 15) is 4.79 Å². The summed E-state index contributed by atoms with van der Waals surface area (Å²) in [6.07, 6.45) is 2.58. The first-order valence-electron chi connectivity index (χ1n) is 11.1. The second kappa shape index (κ2) is 8.36. The Morgan fingerprint density at radius 2 is 1.72 bits per heavy atom. The van der Waals surface area contributed by atoms with Gasteiger partial charge < -0.3 is 4.74 Å². The molecule has 1 amide bonds. The highest BCUT2D eigenvalue weighted by molar-refractivity contribution is 5.99. The molecule has 0 saturated carbocycles. The zero-order valence-corrected chi connectivity index (χ0v) is 18.8. The minimum absolute atomic E-state index is 0.0924. The molecule has 2 aromatic carbocycles. The van der Waals surface area contributed by atoms with E-state index >= 15 is 0 Å². The third-order valence-corrected chi connectivity index (χ3v) is 6.65. The molecule has 6 nitrogen and oxygen atoms in total. The quantitative estimate of drug-likeness (QED) is 0.606. The Balaban J connectivity index is 1.34. The summed E-state index contributed by atoms with van der Waals surface area (Å²) in [4.78, 5) is 25.9. The van der Waals surface area contributed by atoms with Crippen LogP contribution in [0.4, 0.5) is 5.82 Å². The van der Waals surface area contributed by atoms with Crippen molar-refractivity contribution >= 4 is 11.7 Å². The average molecular weight is 429 g/mol. The predicted octanol–water partition coefficient (Wildman–Crippen LogP) is 4.32. The summed E-state index contributed by atoms with van der Waals surface area (Å²) in [6, 6.07) is 17.1. The first-order valence-corrected chi connectivity index (χ1v) is 11.1. The van der Waals surface area contributed by atoms with E-state index in [1.165, 1.54) is 16.7 Å². The van der Waals surface area contributed by atoms with E-state index < -0.39 is 0 Å². The van der Waals surface area contributed by atoms with Crippen LogP contribution >= 0.6 is 0 Å². The molecule has 2 aliphatic heterocycles. The summed E-state index contributed by atoms with van der Waals surface area (Å²) in [5.41, 5.74) is 5.55. The van der Waals surface area contributed by atoms with E-state index in [1.54, 1.807) is 19.1 Å². The summed E-state index contributed by atoms with van der Waals surface area (Å²) >= 11 is 0. The van der Waals surface area contributed by atoms with Crippen LogP contribution in [0.5, 0.6) is 5.75 Å². The molecule has 0 aliphatic carbocycles. The molecule has 0 bridgehead atoms. The summed E-state index contributed by atoms with van der Waals surface area (Å²) in [5.74, 6) is 2.59. The number of likely N-dealkylation sites (tertiary alicyclic amines) is 1. The molecule has 1 saturated heterocycles. The second-order valence-electron chi connectivity index (χ2n) is 8.65. The molecule has 0 spiro atoms. The number of ether oxygens (including phenoxy) is 1. The summed E-state index contributed by atoms with van der Waals surface area (Å²) in [7, 11) is 3.49. The molecule has 1 aromatic heterocycles. The van der Waals surface area contributed by atoms with Crippen LogP contribution in [0.15, 0.2) is 48.5 Å². The minimum atomic E-state index is 0.0924. The maximum Gasteiger partial charge on any atom is 0.232 e. The number of methoxy groups -OCH3 is 1. The van der Waals surface area contributed by atoms with Gasteiger partial charge in [-0.1, -0.05) is 36.4 Å². The minimum Gasteiger partial charge on any atom is -0.497 e. The summed E-state index contributed by atoms with van der Waals surface area (Å²) in [6.45, 7) is 3.88. The predicted molar refractivity (Wildman–Crippen MR) is 125 cm³/mol. The molecule has 3 heterocycles. The number of amides is 1. The van der Waals surface area contributed by atoms with Crippen molar-refractivity contribution in [1.82, 2.24) is 14.9 Å². The summed E-state index contributed by atoms with van der Waals surface area (Å²) in [5, 5.41) is 0. The van der Waals surface area contributed by atoms with Crippen LogP contribution in [0.1, 0.15) is 41.5 Å². The number of hydrogen-bond donors (Lipinski definition) is 0. The number of hydrogen-bond acceptors (Lipinski definition) is 5. The molecule has 1 fully saturated rings. The number of likely N-dealkylation sites (N-methyl/N-ethyl adjacent to an activating group) is 1. The molecule has 164 valence electrons. The van der Waals surface area contributed by atoms with Crippen molar-refractivity contribution in [3.05, 3.63) is 71.2 Å². The Morgan fingerprint density at radius 1 is 1.03 bits per heavy atom. The SMILES string of the molecule is COc1ccc(-c2ccc(CN3CCC[C@@H]3c3nc(C)c4c(n3)N(C)C(=O)C4)cc2)cc1. The number of aryl methyl sites for hydroxylation is 1. The van der Waals surface area contributed by atoms with Crippen molar-refractivity contribution in [2.45, 2.75) is 38.8 Å². The zero-order valence-electron chi connectivity index (χ0n) is 18.8. The van der Waals surface area contributed by atoms with Crippen molar-refractivity contribution in [3.63, 3.8) is 0 Å². The van der Waals surface area contributed by atoms with Gasteiger partial charge in [0.25, 0.3) is 0 Å². The first kappa shape index (κ1) is 20.6. The highest BCUT2D eigenvalue weighted by Gasteiger charge is 2.33. The van der Waals surface area contributed by atoms with Gasteiger partial charge in [0.05, 0.1) is 19.6 Å². The molecule has 6 heteroatoms. The lowest BCUT2D eigenvalue weighted by Crippen LogP contribution is -2.26. The Morgan fingerprint density at radius 3 is 2.41 bits per heavy atom. The van der Waals surface area contributed by atoms with Gasteiger partial charge in [-0.15, -0.1) is 0 Å². The van der Waals surface area contributed by atoms with Crippen molar-refractivity contribution < 1.29 is 9.53 Å². The fourth-order valence-electron chi connectivity index (χ4n) is 4.75. The van der Waals surface area contributed by atoms with Crippen LogP contribution in [0.3, 0.4) is 0 Å². The third-order valence-electron chi connectivity index (χ3n) is 6.65. The molecule has 0 unspecified atom stereocenters. The topological polar surface area (TPSA) is 58.6 Å². The molecule has 0 N–H and O–H groups in total. The molecule has 5 rings (SSSR count). The van der Waals surface area contributed by atoms with E-state index in [2.05, 4.69) is 41.3 Å². The standard InChI is InChI=1S/C26H28N4O2/c1-17-22-15-24(31)29(2)26(22)28-25(27-17)23-5-4-14-30(23)16-18-6-8-19(9-7-18)20-10-12-21(32-3)13-11-20/h6-13,23H,4-5,14-16H2,1-3H3/t23-/m1/s1. The van der Waals surface area contributed by atoms with Crippen LogP contribution in [0.2, 0.25) is 0 Å². The van der Waals surface area contributed by atoms with Crippen LogP contribution in [0.25, 0.3) is 11.1 Å². The Labute approximate surface area is 188 Å². The van der Waals surface area contributed by atoms with Crippen LogP contribution < -0.4 is 9.64 Å². The molecular formula is C26H28N4O2. The van der Waals surface area contributed by atoms with E-state index in [-0.39, 0.29) is 11.9 Å². The number of fused-ring (bicyclic) bond motifs is 1. The van der Waals surface area contributed by atoms with Crippen molar-refractivity contribution in [1.29, 1.82) is 0 Å². The number of anilines is 1. The maximum absolute atomic E-state index is 12.1. The van der Waals surface area contributed by atoms with Crippen molar-refractivity contribution in [3.8, 4) is 16.9 Å². The van der Waals surface area contributed by atoms with E-state index in [1.807, 2.05) is 19.1 Å². The Kier molecular flexibility index (Phi) is 5.39. The largest absolute Gasteiger partial charge is 0.497 e. The molecular weight excluding hydrogens is 400 g/mol. The highest BCUT2D eigenvalue weighted by Crippen LogP contribution is 2.35. The van der Waals surface area contributed by atoms with Gasteiger partial charge in [-0.25, -0.2) is 9.97 Å². The van der Waals surface area contributed by atoms with E-state index in [0.717, 1.165) is 54.6 Å². The molecule has 2 aliphatic rings. The second-order valence-corrected chi connectivity index (χ2v) is 8.65. The molecule has 0 radical (unpaired) electrons. The van der Waals surface area contributed by atoms with E-state index in [4.69, 9.17) is 14.7 Å². The fraction of sp³-hybridized carbons (Fsp3) is 0.346. The number of carbonyl (C=O) groups is 1. The van der Waals surface area contributed by atoms with Gasteiger partial charge in [-0.05, 0) is 55.1 Å². The average Bonchev–Trinajstić information content (AvgIpc) is 3.39. The molecule has 32 heavy (non-hydrogen) atoms. The van der Waals surface area contributed by atoms with Crippen molar-refractivity contribution in [2.75, 3.05) is 25.6 Å². The van der Waals surface area contributed by atoms with Gasteiger partial charge in [0, 0.05) is 24.8 Å². The van der Waals surface area contributed by atoms with Crippen LogP contribution in [-0.2, 0) is 17.8 Å². The molecule has 1 atom stereocenters. The lowest BCUT2D eigenvalue weighted by molar-refractivity contribution is -0.117. The lowest BCUT2D eigenvalue weighted by Gasteiger charge is -2.24. The van der Waals surface area contributed by atoms with Gasteiger partial charge in [-0.3, -0.25) is 14.6 Å². The monoisotopic (exact) mass is 428 g/mol. The number of nitrogens with zero attached hydrogens (tertiary/aromatic N) is 4. The van der Waals surface area contributed by atoms with Gasteiger partial charge in [0.1, 0.15) is 17.4 Å². The van der Waals surface area contributed by atoms with Gasteiger partial charge >= 0.3 is 0 Å². The highest BCUT2D eigenvalue weighted by atomic mass is 16.5.